The van der Waals surface area contributed by atoms with Crippen LogP contribution in [-0.2, 0) is 33.2 Å². The lowest BCUT2D eigenvalue weighted by Gasteiger charge is -2.71. The molecule has 8 aliphatic rings. The molecule has 0 aromatic heterocycles. The smallest absolute Gasteiger partial charge is 0.187 e. The zero-order valence-corrected chi connectivity index (χ0v) is 40.1. The zero-order valence-electron chi connectivity index (χ0n) is 40.1. The van der Waals surface area contributed by atoms with Crippen LogP contribution in [0.5, 0.6) is 0 Å². The number of hydrogen-bond acceptors (Lipinski definition) is 17. The van der Waals surface area contributed by atoms with Gasteiger partial charge >= 0.3 is 0 Å². The third kappa shape index (κ3) is 8.11. The van der Waals surface area contributed by atoms with Crippen LogP contribution in [0.15, 0.2) is 0 Å². The van der Waals surface area contributed by atoms with E-state index in [0.717, 1.165) is 44.9 Å². The van der Waals surface area contributed by atoms with Crippen molar-refractivity contribution in [2.24, 2.45) is 45.3 Å². The van der Waals surface area contributed by atoms with Gasteiger partial charge in [-0.2, -0.15) is 0 Å². The number of aliphatic hydroxyl groups is 10. The molecule has 4 aliphatic carbocycles. The molecule has 0 spiro atoms. The van der Waals surface area contributed by atoms with Crippen molar-refractivity contribution in [2.45, 2.75) is 249 Å². The fourth-order valence-corrected chi connectivity index (χ4v) is 15.5. The summed E-state index contributed by atoms with van der Waals surface area (Å²) in [5, 5.41) is 110. The van der Waals surface area contributed by atoms with Crippen molar-refractivity contribution in [3.63, 3.8) is 0 Å². The van der Waals surface area contributed by atoms with Crippen LogP contribution in [0.25, 0.3) is 0 Å². The summed E-state index contributed by atoms with van der Waals surface area (Å²) in [6.07, 6.45) is -16.0. The molecule has 26 atom stereocenters. The number of hydrogen-bond donors (Lipinski definition) is 10. The minimum Gasteiger partial charge on any atom is -0.394 e. The van der Waals surface area contributed by atoms with Gasteiger partial charge in [-0.15, -0.1) is 0 Å². The largest absolute Gasteiger partial charge is 0.394 e. The summed E-state index contributed by atoms with van der Waals surface area (Å²) in [4.78, 5) is 0. The molecule has 0 aromatic rings. The minimum absolute atomic E-state index is 0.0585. The quantitative estimate of drug-likeness (QED) is 0.146. The second-order valence-electron chi connectivity index (χ2n) is 23.8. The normalized spacial score (nSPS) is 57.0. The first-order chi connectivity index (χ1) is 30.1. The number of aliphatic hydroxyl groups excluding tert-OH is 9. The second-order valence-corrected chi connectivity index (χ2v) is 23.8. The Labute approximate surface area is 384 Å². The summed E-state index contributed by atoms with van der Waals surface area (Å²) in [6, 6.07) is 0. The average Bonchev–Trinajstić information content (AvgIpc) is 3.84. The Kier molecular flexibility index (Phi) is 13.7. The van der Waals surface area contributed by atoms with Crippen LogP contribution in [0.1, 0.15) is 127 Å². The van der Waals surface area contributed by atoms with E-state index in [-0.39, 0.29) is 46.0 Å². The minimum atomic E-state index is -1.76. The molecular weight excluding hydrogens is 849 g/mol. The van der Waals surface area contributed by atoms with Crippen molar-refractivity contribution in [3.8, 4) is 0 Å². The Balaban J connectivity index is 1.06. The molecule has 4 saturated carbocycles. The van der Waals surface area contributed by atoms with Crippen LogP contribution in [0.2, 0.25) is 0 Å². The van der Waals surface area contributed by atoms with E-state index >= 15 is 0 Å². The first-order valence-electron chi connectivity index (χ1n) is 24.5. The Hall–Kier alpha value is -0.680. The molecule has 17 heteroatoms. The molecule has 0 unspecified atom stereocenters. The van der Waals surface area contributed by atoms with Gasteiger partial charge in [-0.25, -0.2) is 0 Å². The first-order valence-corrected chi connectivity index (χ1v) is 24.5. The van der Waals surface area contributed by atoms with Gasteiger partial charge in [0.05, 0.1) is 48.3 Å². The van der Waals surface area contributed by atoms with Crippen molar-refractivity contribution >= 4 is 0 Å². The molecule has 0 amide bonds. The van der Waals surface area contributed by atoms with E-state index in [1.54, 1.807) is 0 Å². The van der Waals surface area contributed by atoms with E-state index in [4.69, 9.17) is 33.2 Å². The maximum Gasteiger partial charge on any atom is 0.187 e. The predicted molar refractivity (Wildman–Crippen MR) is 230 cm³/mol. The van der Waals surface area contributed by atoms with Crippen molar-refractivity contribution < 1.29 is 84.2 Å². The van der Waals surface area contributed by atoms with Crippen molar-refractivity contribution in [1.29, 1.82) is 0 Å². The Morgan fingerprint density at radius 2 is 1.15 bits per heavy atom. The molecular formula is C48H82O17. The highest BCUT2D eigenvalue weighted by Crippen LogP contribution is 2.76. The van der Waals surface area contributed by atoms with Gasteiger partial charge < -0.3 is 84.2 Å². The van der Waals surface area contributed by atoms with Crippen molar-refractivity contribution in [2.75, 3.05) is 6.61 Å². The third-order valence-electron chi connectivity index (χ3n) is 19.5. The van der Waals surface area contributed by atoms with Gasteiger partial charge in [-0.1, -0.05) is 34.6 Å². The molecule has 4 saturated heterocycles. The molecule has 0 bridgehead atoms. The van der Waals surface area contributed by atoms with Crippen molar-refractivity contribution in [1.82, 2.24) is 0 Å². The molecule has 0 aromatic carbocycles. The molecule has 10 N–H and O–H groups in total. The predicted octanol–water partition coefficient (Wildman–Crippen LogP) is 1.24. The van der Waals surface area contributed by atoms with Gasteiger partial charge in [0.15, 0.2) is 18.9 Å². The van der Waals surface area contributed by atoms with Crippen molar-refractivity contribution in [3.05, 3.63) is 0 Å². The van der Waals surface area contributed by atoms with Gasteiger partial charge in [-0.05, 0) is 138 Å². The maximum absolute atomic E-state index is 12.5. The highest BCUT2D eigenvalue weighted by Gasteiger charge is 2.72. The molecule has 8 fully saturated rings. The Morgan fingerprint density at radius 1 is 0.585 bits per heavy atom. The highest BCUT2D eigenvalue weighted by molar-refractivity contribution is 5.21. The lowest BCUT2D eigenvalue weighted by atomic mass is 9.35. The standard InChI is InChI=1S/C48H82O17/c1-21-31(51)34(54)36(56)40(59-21)63-38-33(53)25(20-49)61-42(39(38)64-41-37(57)35(55)32(52)22(2)60-41)62-28-13-15-45(7)26(43(28,3)4)12-17-46(8)27(45)19-24(50)30-23(11-16-47(30,46)9)48(10)18-14-29(65-48)44(5,6)58/h21-42,49-58H,11-20H2,1-10H3/t21-,22-,23-,24+,25+,26-,27+,28-,29+,30-,31-,32-,33+,34+,35+,36+,37+,38-,39+,40-,41-,42-,45-,46+,47+,48-/m0/s1. The van der Waals surface area contributed by atoms with Gasteiger partial charge in [-0.3, -0.25) is 0 Å². The Bertz CT molecular complexity index is 1680. The Morgan fingerprint density at radius 3 is 1.71 bits per heavy atom. The number of rotatable bonds is 9. The fourth-order valence-electron chi connectivity index (χ4n) is 15.5. The van der Waals surface area contributed by atoms with Crippen LogP contribution in [-0.4, -0.2) is 179 Å². The van der Waals surface area contributed by atoms with Gasteiger partial charge in [0, 0.05) is 0 Å². The van der Waals surface area contributed by atoms with E-state index in [2.05, 4.69) is 41.5 Å². The monoisotopic (exact) mass is 931 g/mol. The topological polar surface area (TPSA) is 267 Å². The SMILES string of the molecule is C[C@@H]1O[C@@H](O[C@H]2[C@H](O[C@H]3CC[C@]4(C)[C@H]5C[C@@H](O)[C@@H]6[C@@H]([C@]7(C)CC[C@H](C(C)(C)O)O7)CC[C@@]6(C)[C@]5(C)CC[C@H]4C3(C)C)O[C@H](CO)[C@@H](O)[C@@H]2O[C@@H]2O[C@@H](C)[C@H](O)[C@@H](O)[C@H]2O)[C@H](O)[C@H](O)[C@H]1O. The molecule has 4 aliphatic heterocycles. The lowest BCUT2D eigenvalue weighted by Crippen LogP contribution is -2.68. The van der Waals surface area contributed by atoms with Gasteiger partial charge in [0.25, 0.3) is 0 Å². The van der Waals surface area contributed by atoms with E-state index in [0.29, 0.717) is 12.8 Å². The molecule has 4 heterocycles. The summed E-state index contributed by atoms with van der Waals surface area (Å²) in [6.45, 7) is 19.8. The van der Waals surface area contributed by atoms with Gasteiger partial charge in [0.2, 0.25) is 0 Å². The van der Waals surface area contributed by atoms with E-state index < -0.39 is 128 Å². The maximum atomic E-state index is 12.5. The van der Waals surface area contributed by atoms with E-state index in [1.165, 1.54) is 13.8 Å². The van der Waals surface area contributed by atoms with E-state index in [1.807, 2.05) is 13.8 Å². The first kappa shape index (κ1) is 50.7. The highest BCUT2D eigenvalue weighted by atomic mass is 16.8. The summed E-state index contributed by atoms with van der Waals surface area (Å²) in [5.41, 5.74) is -2.29. The van der Waals surface area contributed by atoms with Crippen LogP contribution in [0.4, 0.5) is 0 Å². The van der Waals surface area contributed by atoms with Crippen LogP contribution >= 0.6 is 0 Å². The summed E-state index contributed by atoms with van der Waals surface area (Å²) in [5.74, 6) is 0.562. The van der Waals surface area contributed by atoms with Crippen LogP contribution in [0.3, 0.4) is 0 Å². The summed E-state index contributed by atoms with van der Waals surface area (Å²) >= 11 is 0. The van der Waals surface area contributed by atoms with E-state index in [9.17, 15) is 51.1 Å². The summed E-state index contributed by atoms with van der Waals surface area (Å²) < 4.78 is 44.3. The molecule has 0 radical (unpaired) electrons. The fraction of sp³-hybridized carbons (Fsp3) is 1.00. The van der Waals surface area contributed by atoms with Gasteiger partial charge in [0.1, 0.15) is 61.0 Å². The molecule has 65 heavy (non-hydrogen) atoms. The third-order valence-corrected chi connectivity index (χ3v) is 19.5. The zero-order chi connectivity index (χ0) is 47.7. The molecule has 17 nitrogen and oxygen atoms in total. The average molecular weight is 931 g/mol. The second kappa shape index (κ2) is 17.6. The van der Waals surface area contributed by atoms with Crippen LogP contribution < -0.4 is 0 Å². The molecule has 376 valence electrons. The van der Waals surface area contributed by atoms with Crippen LogP contribution in [0, 0.1) is 45.3 Å². The molecule has 8 rings (SSSR count). The summed E-state index contributed by atoms with van der Waals surface area (Å²) in [7, 11) is 0. The number of ether oxygens (including phenoxy) is 7. The number of fused-ring (bicyclic) bond motifs is 5. The lowest BCUT2D eigenvalue weighted by molar-refractivity contribution is -0.397.